The first-order chi connectivity index (χ1) is 13.0. The zero-order valence-electron chi connectivity index (χ0n) is 15.1. The molecule has 4 rings (SSSR count). The van der Waals surface area contributed by atoms with Crippen molar-refractivity contribution in [1.29, 1.82) is 0 Å². The van der Waals surface area contributed by atoms with Crippen LogP contribution >= 0.6 is 23.4 Å². The molecule has 2 heterocycles. The molecule has 0 bridgehead atoms. The summed E-state index contributed by atoms with van der Waals surface area (Å²) in [5.74, 6) is 0.705. The summed E-state index contributed by atoms with van der Waals surface area (Å²) in [6.45, 7) is 3.22. The van der Waals surface area contributed by atoms with E-state index in [9.17, 15) is 9.59 Å². The normalized spacial score (nSPS) is 22.5. The largest absolute Gasteiger partial charge is 0.325 e. The highest BCUT2D eigenvalue weighted by Gasteiger charge is 2.40. The van der Waals surface area contributed by atoms with Crippen LogP contribution in [0.15, 0.2) is 48.5 Å². The van der Waals surface area contributed by atoms with E-state index in [1.807, 2.05) is 17.0 Å². The molecule has 0 aromatic heterocycles. The van der Waals surface area contributed by atoms with Crippen LogP contribution in [0.1, 0.15) is 22.9 Å². The highest BCUT2D eigenvalue weighted by atomic mass is 35.5. The highest BCUT2D eigenvalue weighted by molar-refractivity contribution is 7.99. The molecule has 4 nitrogen and oxygen atoms in total. The summed E-state index contributed by atoms with van der Waals surface area (Å²) in [5, 5.41) is 0.672. The molecule has 0 N–H and O–H groups in total. The average molecular weight is 401 g/mol. The van der Waals surface area contributed by atoms with Crippen molar-refractivity contribution in [3.05, 3.63) is 64.7 Å². The molecule has 2 aliphatic heterocycles. The van der Waals surface area contributed by atoms with Gasteiger partial charge in [-0.1, -0.05) is 41.4 Å². The molecule has 2 unspecified atom stereocenters. The Balaban J connectivity index is 1.50. The van der Waals surface area contributed by atoms with E-state index in [0.29, 0.717) is 11.6 Å². The minimum Gasteiger partial charge on any atom is -0.325 e. The van der Waals surface area contributed by atoms with Gasteiger partial charge in [0.15, 0.2) is 0 Å². The lowest BCUT2D eigenvalue weighted by Gasteiger charge is -2.27. The van der Waals surface area contributed by atoms with Crippen LogP contribution in [0.4, 0.5) is 5.69 Å². The van der Waals surface area contributed by atoms with Gasteiger partial charge in [0, 0.05) is 36.0 Å². The Labute approximate surface area is 168 Å². The summed E-state index contributed by atoms with van der Waals surface area (Å²) in [6.07, 6.45) is 0.267. The van der Waals surface area contributed by atoms with Crippen molar-refractivity contribution in [3.63, 3.8) is 0 Å². The topological polar surface area (TPSA) is 40.6 Å². The Hall–Kier alpha value is -1.98. The number of nitrogens with zero attached hydrogens (tertiary/aromatic N) is 2. The van der Waals surface area contributed by atoms with E-state index < -0.39 is 0 Å². The van der Waals surface area contributed by atoms with Gasteiger partial charge in [0.05, 0.1) is 5.92 Å². The standard InChI is InChI=1S/C21H21ClN2O2S/c1-14-2-4-15(5-3-14)21-23(10-11-27-21)20(26)16-12-19(25)24(13-16)18-8-6-17(22)7-9-18/h2-9,16,21H,10-13H2,1H3. The predicted molar refractivity (Wildman–Crippen MR) is 110 cm³/mol. The maximum atomic E-state index is 13.2. The van der Waals surface area contributed by atoms with Gasteiger partial charge in [0.1, 0.15) is 5.37 Å². The minimum atomic E-state index is -0.292. The summed E-state index contributed by atoms with van der Waals surface area (Å²) >= 11 is 7.73. The van der Waals surface area contributed by atoms with Crippen molar-refractivity contribution in [3.8, 4) is 0 Å². The summed E-state index contributed by atoms with van der Waals surface area (Å²) in [5.41, 5.74) is 3.15. The highest BCUT2D eigenvalue weighted by Crippen LogP contribution is 2.40. The molecule has 6 heteroatoms. The van der Waals surface area contributed by atoms with Crippen LogP contribution in [0.25, 0.3) is 0 Å². The van der Waals surface area contributed by atoms with E-state index in [1.54, 1.807) is 28.8 Å². The van der Waals surface area contributed by atoms with E-state index >= 15 is 0 Å². The number of carbonyl (C=O) groups excluding carboxylic acids is 2. The second-order valence-electron chi connectivity index (χ2n) is 7.05. The summed E-state index contributed by atoms with van der Waals surface area (Å²) in [4.78, 5) is 29.3. The molecule has 0 saturated carbocycles. The predicted octanol–water partition coefficient (Wildman–Crippen LogP) is 4.28. The van der Waals surface area contributed by atoms with Gasteiger partial charge in [-0.15, -0.1) is 11.8 Å². The number of anilines is 1. The van der Waals surface area contributed by atoms with Gasteiger partial charge in [-0.2, -0.15) is 0 Å². The molecule has 0 aliphatic carbocycles. The lowest BCUT2D eigenvalue weighted by atomic mass is 10.1. The van der Waals surface area contributed by atoms with Crippen molar-refractivity contribution in [2.75, 3.05) is 23.7 Å². The number of halogens is 1. The summed E-state index contributed by atoms with van der Waals surface area (Å²) < 4.78 is 0. The molecule has 2 amide bonds. The van der Waals surface area contributed by atoms with Crippen molar-refractivity contribution >= 4 is 40.9 Å². The fraction of sp³-hybridized carbons (Fsp3) is 0.333. The molecule has 2 atom stereocenters. The maximum Gasteiger partial charge on any atom is 0.229 e. The van der Waals surface area contributed by atoms with E-state index in [-0.39, 0.29) is 29.5 Å². The number of benzene rings is 2. The maximum absolute atomic E-state index is 13.2. The van der Waals surface area contributed by atoms with Gasteiger partial charge < -0.3 is 9.80 Å². The summed E-state index contributed by atoms with van der Waals surface area (Å²) in [7, 11) is 0. The number of hydrogen-bond donors (Lipinski definition) is 0. The zero-order chi connectivity index (χ0) is 19.0. The Kier molecular flexibility index (Phi) is 5.15. The van der Waals surface area contributed by atoms with Crippen LogP contribution in [-0.4, -0.2) is 35.6 Å². The fourth-order valence-electron chi connectivity index (χ4n) is 3.68. The molecular formula is C21H21ClN2O2S. The first-order valence-electron chi connectivity index (χ1n) is 9.07. The first-order valence-corrected chi connectivity index (χ1v) is 10.5. The molecule has 2 aromatic carbocycles. The van der Waals surface area contributed by atoms with Crippen molar-refractivity contribution in [2.45, 2.75) is 18.7 Å². The van der Waals surface area contributed by atoms with Gasteiger partial charge in [-0.05, 0) is 36.8 Å². The third-order valence-corrected chi connectivity index (χ3v) is 6.66. The van der Waals surface area contributed by atoms with E-state index in [0.717, 1.165) is 23.5 Å². The van der Waals surface area contributed by atoms with Gasteiger partial charge in [0.25, 0.3) is 0 Å². The van der Waals surface area contributed by atoms with E-state index in [4.69, 9.17) is 11.6 Å². The molecule has 0 spiro atoms. The molecule has 2 aromatic rings. The Bertz CT molecular complexity index is 853. The monoisotopic (exact) mass is 400 g/mol. The number of aryl methyl sites for hydroxylation is 1. The average Bonchev–Trinajstić information content (AvgIpc) is 3.30. The Morgan fingerprint density at radius 2 is 1.81 bits per heavy atom. The molecular weight excluding hydrogens is 380 g/mol. The van der Waals surface area contributed by atoms with Gasteiger partial charge >= 0.3 is 0 Å². The second-order valence-corrected chi connectivity index (χ2v) is 8.67. The van der Waals surface area contributed by atoms with Gasteiger partial charge in [0.2, 0.25) is 11.8 Å². The molecule has 2 saturated heterocycles. The third kappa shape index (κ3) is 3.71. The van der Waals surface area contributed by atoms with Crippen LogP contribution in [0.5, 0.6) is 0 Å². The third-order valence-electron chi connectivity index (χ3n) is 5.15. The van der Waals surface area contributed by atoms with E-state index in [2.05, 4.69) is 31.2 Å². The number of carbonyl (C=O) groups is 2. The zero-order valence-corrected chi connectivity index (χ0v) is 16.7. The lowest BCUT2D eigenvalue weighted by molar-refractivity contribution is -0.136. The fourth-order valence-corrected chi connectivity index (χ4v) is 5.07. The smallest absolute Gasteiger partial charge is 0.229 e. The number of rotatable bonds is 3. The number of amides is 2. The quantitative estimate of drug-likeness (QED) is 0.772. The molecule has 0 radical (unpaired) electrons. The van der Waals surface area contributed by atoms with Gasteiger partial charge in [-0.3, -0.25) is 9.59 Å². The molecule has 27 heavy (non-hydrogen) atoms. The Morgan fingerprint density at radius 3 is 2.52 bits per heavy atom. The van der Waals surface area contributed by atoms with Crippen LogP contribution in [0, 0.1) is 12.8 Å². The van der Waals surface area contributed by atoms with Crippen LogP contribution in [0.2, 0.25) is 5.02 Å². The first kappa shape index (κ1) is 18.4. The van der Waals surface area contributed by atoms with Crippen molar-refractivity contribution < 1.29 is 9.59 Å². The molecule has 2 fully saturated rings. The molecule has 2 aliphatic rings. The minimum absolute atomic E-state index is 0.00518. The van der Waals surface area contributed by atoms with E-state index in [1.165, 1.54) is 5.56 Å². The SMILES string of the molecule is Cc1ccc(C2SCCN2C(=O)C2CC(=O)N(c3ccc(Cl)cc3)C2)cc1. The second kappa shape index (κ2) is 7.56. The Morgan fingerprint density at radius 1 is 1.11 bits per heavy atom. The lowest BCUT2D eigenvalue weighted by Crippen LogP contribution is -2.37. The van der Waals surface area contributed by atoms with Gasteiger partial charge in [-0.25, -0.2) is 0 Å². The van der Waals surface area contributed by atoms with Crippen molar-refractivity contribution in [2.24, 2.45) is 5.92 Å². The van der Waals surface area contributed by atoms with Crippen LogP contribution in [-0.2, 0) is 9.59 Å². The summed E-state index contributed by atoms with van der Waals surface area (Å²) in [6, 6.07) is 15.5. The number of thioether (sulfide) groups is 1. The number of hydrogen-bond acceptors (Lipinski definition) is 3. The van der Waals surface area contributed by atoms with Crippen molar-refractivity contribution in [1.82, 2.24) is 4.90 Å². The molecule has 140 valence electrons. The van der Waals surface area contributed by atoms with Crippen LogP contribution in [0.3, 0.4) is 0 Å². The van der Waals surface area contributed by atoms with Crippen LogP contribution < -0.4 is 4.90 Å².